The maximum atomic E-state index is 12.2. The summed E-state index contributed by atoms with van der Waals surface area (Å²) in [6.07, 6.45) is 3.13. The van der Waals surface area contributed by atoms with E-state index in [1.54, 1.807) is 12.1 Å². The molecule has 1 saturated heterocycles. The Kier molecular flexibility index (Phi) is 10.1. The van der Waals surface area contributed by atoms with Crippen LogP contribution >= 0.6 is 12.4 Å². The number of carbonyl (C=O) groups is 2. The van der Waals surface area contributed by atoms with Crippen LogP contribution in [0.5, 0.6) is 5.75 Å². The molecule has 146 valence electrons. The van der Waals surface area contributed by atoms with Crippen LogP contribution in [-0.2, 0) is 4.79 Å². The Morgan fingerprint density at radius 3 is 2.81 bits per heavy atom. The number of amides is 2. The first-order valence-corrected chi connectivity index (χ1v) is 9.14. The number of nitrogens with one attached hydrogen (secondary N) is 3. The van der Waals surface area contributed by atoms with Crippen LogP contribution < -0.4 is 20.7 Å². The Balaban J connectivity index is 0.00000338. The fraction of sp³-hybridized carbons (Fsp3) is 0.579. The number of piperidine rings is 1. The van der Waals surface area contributed by atoms with Crippen molar-refractivity contribution in [3.05, 3.63) is 29.8 Å². The smallest absolute Gasteiger partial charge is 0.255 e. The van der Waals surface area contributed by atoms with Crippen LogP contribution in [0.15, 0.2) is 24.3 Å². The van der Waals surface area contributed by atoms with E-state index < -0.39 is 0 Å². The second-order valence-electron chi connectivity index (χ2n) is 6.35. The average Bonchev–Trinajstić information content (AvgIpc) is 2.61. The van der Waals surface area contributed by atoms with Gasteiger partial charge in [-0.05, 0) is 51.8 Å². The maximum Gasteiger partial charge on any atom is 0.255 e. The molecule has 1 aliphatic rings. The van der Waals surface area contributed by atoms with Gasteiger partial charge in [0.25, 0.3) is 5.91 Å². The third kappa shape index (κ3) is 6.84. The average molecular weight is 384 g/mol. The van der Waals surface area contributed by atoms with Crippen LogP contribution in [0.4, 0.5) is 0 Å². The van der Waals surface area contributed by atoms with Crippen LogP contribution in [-0.4, -0.2) is 43.6 Å². The van der Waals surface area contributed by atoms with Crippen molar-refractivity contribution in [3.63, 3.8) is 0 Å². The number of ether oxygens (including phenoxy) is 1. The summed E-state index contributed by atoms with van der Waals surface area (Å²) < 4.78 is 5.47. The van der Waals surface area contributed by atoms with Gasteiger partial charge in [-0.3, -0.25) is 9.59 Å². The summed E-state index contributed by atoms with van der Waals surface area (Å²) in [6, 6.07) is 7.69. The highest BCUT2D eigenvalue weighted by atomic mass is 35.5. The quantitative estimate of drug-likeness (QED) is 0.602. The predicted octanol–water partition coefficient (Wildman–Crippen LogP) is 2.27. The molecule has 1 aliphatic heterocycles. The molecular weight excluding hydrogens is 354 g/mol. The van der Waals surface area contributed by atoms with Crippen molar-refractivity contribution in [2.24, 2.45) is 0 Å². The highest BCUT2D eigenvalue weighted by Gasteiger charge is 2.22. The summed E-state index contributed by atoms with van der Waals surface area (Å²) in [4.78, 5) is 24.3. The summed E-state index contributed by atoms with van der Waals surface area (Å²) >= 11 is 0. The monoisotopic (exact) mass is 383 g/mol. The molecule has 0 aliphatic carbocycles. The van der Waals surface area contributed by atoms with Crippen LogP contribution in [0.1, 0.15) is 49.9 Å². The number of benzene rings is 1. The third-order valence-corrected chi connectivity index (χ3v) is 4.41. The van der Waals surface area contributed by atoms with Crippen molar-refractivity contribution in [2.75, 3.05) is 19.7 Å². The van der Waals surface area contributed by atoms with Gasteiger partial charge < -0.3 is 20.7 Å². The van der Waals surface area contributed by atoms with Gasteiger partial charge in [-0.25, -0.2) is 0 Å². The second kappa shape index (κ2) is 11.8. The minimum atomic E-state index is -0.172. The number of halogens is 1. The molecule has 2 unspecified atom stereocenters. The maximum absolute atomic E-state index is 12.2. The number of carbonyl (C=O) groups excluding carboxylic acids is 2. The molecule has 7 heteroatoms. The van der Waals surface area contributed by atoms with Crippen molar-refractivity contribution in [3.8, 4) is 5.75 Å². The molecule has 0 aromatic heterocycles. The molecule has 1 aromatic rings. The van der Waals surface area contributed by atoms with Gasteiger partial charge in [0.2, 0.25) is 5.91 Å². The Morgan fingerprint density at radius 1 is 1.31 bits per heavy atom. The van der Waals surface area contributed by atoms with E-state index in [-0.39, 0.29) is 30.3 Å². The fourth-order valence-corrected chi connectivity index (χ4v) is 3.00. The lowest BCUT2D eigenvalue weighted by Crippen LogP contribution is -2.51. The molecule has 1 aromatic carbocycles. The molecule has 26 heavy (non-hydrogen) atoms. The summed E-state index contributed by atoms with van der Waals surface area (Å²) in [5.74, 6) is 0.457. The van der Waals surface area contributed by atoms with Gasteiger partial charge in [0.05, 0.1) is 12.2 Å². The van der Waals surface area contributed by atoms with Gasteiger partial charge in [-0.1, -0.05) is 12.1 Å². The van der Waals surface area contributed by atoms with E-state index in [1.165, 1.54) is 0 Å². The van der Waals surface area contributed by atoms with Crippen LogP contribution in [0.25, 0.3) is 0 Å². The Hall–Kier alpha value is -1.79. The molecule has 0 radical (unpaired) electrons. The predicted molar refractivity (Wildman–Crippen MR) is 105 cm³/mol. The van der Waals surface area contributed by atoms with E-state index in [2.05, 4.69) is 22.9 Å². The van der Waals surface area contributed by atoms with E-state index in [0.717, 1.165) is 19.4 Å². The lowest BCUT2D eigenvalue weighted by Gasteiger charge is -2.30. The molecule has 0 bridgehead atoms. The van der Waals surface area contributed by atoms with Gasteiger partial charge in [0.1, 0.15) is 5.75 Å². The van der Waals surface area contributed by atoms with Crippen LogP contribution in [0.2, 0.25) is 0 Å². The van der Waals surface area contributed by atoms with E-state index in [9.17, 15) is 9.59 Å². The van der Waals surface area contributed by atoms with Crippen molar-refractivity contribution >= 4 is 24.2 Å². The van der Waals surface area contributed by atoms with Gasteiger partial charge in [-0.2, -0.15) is 0 Å². The molecule has 2 atom stereocenters. The number of hydrogen-bond acceptors (Lipinski definition) is 4. The summed E-state index contributed by atoms with van der Waals surface area (Å²) in [7, 11) is 0. The Labute approximate surface area is 161 Å². The van der Waals surface area contributed by atoms with Gasteiger partial charge in [0, 0.05) is 25.0 Å². The standard InChI is InChI=1S/C19H29N3O3.ClH/c1-3-25-17-10-5-4-8-15(17)19(24)21-13-7-11-18(23)22-16-9-6-12-20-14(16)2;/h4-5,8,10,14,16,20H,3,6-7,9,11-13H2,1-2H3,(H,21,24)(H,22,23);1H. The summed E-state index contributed by atoms with van der Waals surface area (Å²) in [5.41, 5.74) is 0.524. The van der Waals surface area contributed by atoms with E-state index in [4.69, 9.17) is 4.74 Å². The largest absolute Gasteiger partial charge is 0.493 e. The van der Waals surface area contributed by atoms with Crippen molar-refractivity contribution in [2.45, 2.75) is 51.6 Å². The van der Waals surface area contributed by atoms with E-state index in [0.29, 0.717) is 43.3 Å². The topological polar surface area (TPSA) is 79.5 Å². The van der Waals surface area contributed by atoms with Gasteiger partial charge >= 0.3 is 0 Å². The third-order valence-electron chi connectivity index (χ3n) is 4.41. The number of hydrogen-bond donors (Lipinski definition) is 3. The van der Waals surface area contributed by atoms with Crippen LogP contribution in [0.3, 0.4) is 0 Å². The van der Waals surface area contributed by atoms with Gasteiger partial charge in [0.15, 0.2) is 0 Å². The first kappa shape index (κ1) is 22.3. The van der Waals surface area contributed by atoms with E-state index >= 15 is 0 Å². The number of para-hydroxylation sites is 1. The summed E-state index contributed by atoms with van der Waals surface area (Å²) in [6.45, 7) is 5.98. The molecule has 6 nitrogen and oxygen atoms in total. The zero-order valence-corrected chi connectivity index (χ0v) is 16.4. The molecule has 0 spiro atoms. The normalized spacial score (nSPS) is 19.2. The van der Waals surface area contributed by atoms with Crippen LogP contribution in [0, 0.1) is 0 Å². The zero-order valence-electron chi connectivity index (χ0n) is 15.5. The zero-order chi connectivity index (χ0) is 18.1. The summed E-state index contributed by atoms with van der Waals surface area (Å²) in [5, 5.41) is 9.30. The van der Waals surface area contributed by atoms with Crippen molar-refractivity contribution in [1.82, 2.24) is 16.0 Å². The highest BCUT2D eigenvalue weighted by Crippen LogP contribution is 2.17. The molecule has 3 N–H and O–H groups in total. The molecule has 2 rings (SSSR count). The number of rotatable bonds is 8. The minimum absolute atomic E-state index is 0. The lowest BCUT2D eigenvalue weighted by atomic mass is 10.00. The fourth-order valence-electron chi connectivity index (χ4n) is 3.00. The SMILES string of the molecule is CCOc1ccccc1C(=O)NCCCC(=O)NC1CCCNC1C.Cl. The molecule has 1 heterocycles. The Morgan fingerprint density at radius 2 is 2.08 bits per heavy atom. The highest BCUT2D eigenvalue weighted by molar-refractivity contribution is 5.96. The van der Waals surface area contributed by atoms with Crippen molar-refractivity contribution < 1.29 is 14.3 Å². The molecule has 0 saturated carbocycles. The first-order valence-electron chi connectivity index (χ1n) is 9.14. The molecule has 2 amide bonds. The molecule has 1 fully saturated rings. The first-order chi connectivity index (χ1) is 12.1. The van der Waals surface area contributed by atoms with Gasteiger partial charge in [-0.15, -0.1) is 12.4 Å². The van der Waals surface area contributed by atoms with Crippen molar-refractivity contribution in [1.29, 1.82) is 0 Å². The minimum Gasteiger partial charge on any atom is -0.493 e. The second-order valence-corrected chi connectivity index (χ2v) is 6.35. The molecular formula is C19H30ClN3O3. The lowest BCUT2D eigenvalue weighted by molar-refractivity contribution is -0.122. The Bertz CT molecular complexity index is 583. The van der Waals surface area contributed by atoms with E-state index in [1.807, 2.05) is 19.1 Å².